The van der Waals surface area contributed by atoms with Gasteiger partial charge in [0.1, 0.15) is 5.69 Å². The summed E-state index contributed by atoms with van der Waals surface area (Å²) in [6.07, 6.45) is 4.71. The van der Waals surface area contributed by atoms with Crippen LogP contribution >= 0.6 is 0 Å². The second-order valence-corrected chi connectivity index (χ2v) is 6.57. The van der Waals surface area contributed by atoms with Crippen LogP contribution < -0.4 is 5.32 Å². The third-order valence-corrected chi connectivity index (χ3v) is 4.04. The molecule has 0 unspecified atom stereocenters. The molecule has 2 aromatic rings. The minimum atomic E-state index is -0.304. The number of hydrogen-bond donors (Lipinski definition) is 1. The molecule has 2 amide bonds. The van der Waals surface area contributed by atoms with Crippen LogP contribution in [0, 0.1) is 0 Å². The highest BCUT2D eigenvalue weighted by Crippen LogP contribution is 2.18. The molecular formula is C20H26N4O2. The number of carbonyl (C=O) groups excluding carboxylic acids is 2. The van der Waals surface area contributed by atoms with E-state index < -0.39 is 0 Å². The number of aromatic nitrogens is 2. The molecule has 6 nitrogen and oxygen atoms in total. The summed E-state index contributed by atoms with van der Waals surface area (Å²) in [5, 5.41) is 6.91. The van der Waals surface area contributed by atoms with Gasteiger partial charge in [-0.25, -0.2) is 0 Å². The van der Waals surface area contributed by atoms with Crippen LogP contribution in [0.4, 0.5) is 5.69 Å². The molecule has 0 aliphatic heterocycles. The molecule has 1 aromatic heterocycles. The molecule has 138 valence electrons. The number of anilines is 1. The summed E-state index contributed by atoms with van der Waals surface area (Å²) in [7, 11) is 3.34. The fourth-order valence-corrected chi connectivity index (χ4v) is 2.49. The van der Waals surface area contributed by atoms with Gasteiger partial charge in [0, 0.05) is 26.7 Å². The Hall–Kier alpha value is -2.89. The fraction of sp³-hybridized carbons (Fsp3) is 0.350. The Bertz CT molecular complexity index is 802. The van der Waals surface area contributed by atoms with E-state index in [0.717, 1.165) is 5.56 Å². The standard InChI is InChI=1S/C20H26N4O2/c1-6-24-19(20(26)23(4)5)17(13-21-24)22-18(25)12-9-15-7-10-16(11-8-15)14(2)3/h7-14H,6H2,1-5H3,(H,22,25)/b12-9+. The van der Waals surface area contributed by atoms with Crippen molar-refractivity contribution in [2.24, 2.45) is 0 Å². The van der Waals surface area contributed by atoms with Crippen LogP contribution in [-0.4, -0.2) is 40.6 Å². The zero-order valence-corrected chi connectivity index (χ0v) is 16.0. The van der Waals surface area contributed by atoms with Gasteiger partial charge >= 0.3 is 0 Å². The Morgan fingerprint density at radius 3 is 2.42 bits per heavy atom. The molecule has 0 spiro atoms. The Labute approximate surface area is 154 Å². The molecule has 0 radical (unpaired) electrons. The van der Waals surface area contributed by atoms with E-state index in [1.54, 1.807) is 24.9 Å². The average Bonchev–Trinajstić information content (AvgIpc) is 3.01. The van der Waals surface area contributed by atoms with Crippen molar-refractivity contribution in [1.29, 1.82) is 0 Å². The minimum Gasteiger partial charge on any atom is -0.343 e. The van der Waals surface area contributed by atoms with E-state index in [4.69, 9.17) is 0 Å². The maximum absolute atomic E-state index is 12.3. The molecule has 0 saturated carbocycles. The third-order valence-electron chi connectivity index (χ3n) is 4.04. The van der Waals surface area contributed by atoms with Crippen LogP contribution in [0.5, 0.6) is 0 Å². The first kappa shape index (κ1) is 19.4. The van der Waals surface area contributed by atoms with E-state index >= 15 is 0 Å². The topological polar surface area (TPSA) is 67.2 Å². The summed E-state index contributed by atoms with van der Waals surface area (Å²) < 4.78 is 1.58. The highest BCUT2D eigenvalue weighted by Gasteiger charge is 2.20. The number of aryl methyl sites for hydroxylation is 1. The first-order valence-electron chi connectivity index (χ1n) is 8.70. The van der Waals surface area contributed by atoms with Gasteiger partial charge in [-0.15, -0.1) is 0 Å². The molecule has 0 aliphatic carbocycles. The van der Waals surface area contributed by atoms with Gasteiger partial charge in [0.15, 0.2) is 0 Å². The van der Waals surface area contributed by atoms with Crippen LogP contribution in [0.3, 0.4) is 0 Å². The summed E-state index contributed by atoms with van der Waals surface area (Å²) in [5.41, 5.74) is 2.99. The van der Waals surface area contributed by atoms with Crippen molar-refractivity contribution in [3.63, 3.8) is 0 Å². The predicted octanol–water partition coefficient (Wildman–Crippen LogP) is 3.38. The van der Waals surface area contributed by atoms with Crippen LogP contribution in [-0.2, 0) is 11.3 Å². The second kappa shape index (κ2) is 8.47. The quantitative estimate of drug-likeness (QED) is 0.809. The van der Waals surface area contributed by atoms with Crippen molar-refractivity contribution in [2.75, 3.05) is 19.4 Å². The predicted molar refractivity (Wildman–Crippen MR) is 104 cm³/mol. The summed E-state index contributed by atoms with van der Waals surface area (Å²) in [6, 6.07) is 8.08. The Kier molecular flexibility index (Phi) is 6.33. The SMILES string of the molecule is CCn1ncc(NC(=O)/C=C/c2ccc(C(C)C)cc2)c1C(=O)N(C)C. The van der Waals surface area contributed by atoms with Gasteiger partial charge in [0.2, 0.25) is 5.91 Å². The molecule has 6 heteroatoms. The van der Waals surface area contributed by atoms with Gasteiger partial charge in [-0.1, -0.05) is 38.1 Å². The molecule has 1 heterocycles. The normalized spacial score (nSPS) is 11.2. The molecule has 0 atom stereocenters. The summed E-state index contributed by atoms with van der Waals surface area (Å²) >= 11 is 0. The molecule has 1 N–H and O–H groups in total. The Morgan fingerprint density at radius 1 is 1.23 bits per heavy atom. The number of nitrogens with one attached hydrogen (secondary N) is 1. The number of amides is 2. The third kappa shape index (κ3) is 4.59. The van der Waals surface area contributed by atoms with E-state index in [0.29, 0.717) is 23.8 Å². The molecule has 2 rings (SSSR count). The van der Waals surface area contributed by atoms with Gasteiger partial charge in [-0.05, 0) is 30.0 Å². The lowest BCUT2D eigenvalue weighted by Gasteiger charge is -2.13. The lowest BCUT2D eigenvalue weighted by atomic mass is 10.0. The number of carbonyl (C=O) groups is 2. The van der Waals surface area contributed by atoms with Crippen LogP contribution in [0.25, 0.3) is 6.08 Å². The Balaban J connectivity index is 2.12. The molecule has 26 heavy (non-hydrogen) atoms. The van der Waals surface area contributed by atoms with Gasteiger partial charge in [0.05, 0.1) is 11.9 Å². The van der Waals surface area contributed by atoms with Gasteiger partial charge in [-0.2, -0.15) is 5.10 Å². The maximum atomic E-state index is 12.3. The molecule has 0 fully saturated rings. The smallest absolute Gasteiger partial charge is 0.273 e. The fourth-order valence-electron chi connectivity index (χ4n) is 2.49. The largest absolute Gasteiger partial charge is 0.343 e. The minimum absolute atomic E-state index is 0.201. The molecule has 0 saturated heterocycles. The number of benzene rings is 1. The van der Waals surface area contributed by atoms with Crippen LogP contribution in [0.1, 0.15) is 48.3 Å². The van der Waals surface area contributed by atoms with Crippen molar-refractivity contribution in [3.8, 4) is 0 Å². The van der Waals surface area contributed by atoms with Gasteiger partial charge in [-0.3, -0.25) is 14.3 Å². The van der Waals surface area contributed by atoms with E-state index in [2.05, 4.69) is 36.4 Å². The monoisotopic (exact) mass is 354 g/mol. The number of nitrogens with zero attached hydrogens (tertiary/aromatic N) is 3. The van der Waals surface area contributed by atoms with Crippen molar-refractivity contribution >= 4 is 23.6 Å². The van der Waals surface area contributed by atoms with E-state index in [1.807, 2.05) is 19.1 Å². The summed E-state index contributed by atoms with van der Waals surface area (Å²) in [6.45, 7) is 6.72. The van der Waals surface area contributed by atoms with Crippen LogP contribution in [0.15, 0.2) is 36.5 Å². The molecule has 0 bridgehead atoms. The van der Waals surface area contributed by atoms with E-state index in [-0.39, 0.29) is 11.8 Å². The van der Waals surface area contributed by atoms with Gasteiger partial charge < -0.3 is 10.2 Å². The van der Waals surface area contributed by atoms with E-state index in [9.17, 15) is 9.59 Å². The molecule has 1 aromatic carbocycles. The number of rotatable bonds is 6. The first-order valence-corrected chi connectivity index (χ1v) is 8.70. The molecular weight excluding hydrogens is 328 g/mol. The first-order chi connectivity index (χ1) is 12.3. The van der Waals surface area contributed by atoms with Gasteiger partial charge in [0.25, 0.3) is 5.91 Å². The van der Waals surface area contributed by atoms with Crippen molar-refractivity contribution in [1.82, 2.24) is 14.7 Å². The number of hydrogen-bond acceptors (Lipinski definition) is 3. The highest BCUT2D eigenvalue weighted by molar-refractivity contribution is 6.06. The zero-order valence-electron chi connectivity index (χ0n) is 16.0. The maximum Gasteiger partial charge on any atom is 0.273 e. The average molecular weight is 354 g/mol. The highest BCUT2D eigenvalue weighted by atomic mass is 16.2. The van der Waals surface area contributed by atoms with Crippen molar-refractivity contribution in [3.05, 3.63) is 53.4 Å². The lowest BCUT2D eigenvalue weighted by Crippen LogP contribution is -2.26. The van der Waals surface area contributed by atoms with Crippen molar-refractivity contribution < 1.29 is 9.59 Å². The lowest BCUT2D eigenvalue weighted by molar-refractivity contribution is -0.111. The Morgan fingerprint density at radius 2 is 1.88 bits per heavy atom. The van der Waals surface area contributed by atoms with Crippen LogP contribution in [0.2, 0.25) is 0 Å². The zero-order chi connectivity index (χ0) is 19.3. The summed E-state index contributed by atoms with van der Waals surface area (Å²) in [5.74, 6) is -0.0339. The van der Waals surface area contributed by atoms with E-state index in [1.165, 1.54) is 22.7 Å². The van der Waals surface area contributed by atoms with Crippen molar-refractivity contribution in [2.45, 2.75) is 33.2 Å². The summed E-state index contributed by atoms with van der Waals surface area (Å²) in [4.78, 5) is 26.1. The second-order valence-electron chi connectivity index (χ2n) is 6.57. The molecule has 0 aliphatic rings.